The summed E-state index contributed by atoms with van der Waals surface area (Å²) in [4.78, 5) is 20.4. The van der Waals surface area contributed by atoms with E-state index < -0.39 is 0 Å². The largest absolute Gasteiger partial charge is 0.397 e. The van der Waals surface area contributed by atoms with Gasteiger partial charge in [0.15, 0.2) is 0 Å². The van der Waals surface area contributed by atoms with E-state index in [0.717, 1.165) is 36.1 Å². The highest BCUT2D eigenvalue weighted by Crippen LogP contribution is 2.37. The van der Waals surface area contributed by atoms with Crippen molar-refractivity contribution >= 4 is 33.1 Å². The van der Waals surface area contributed by atoms with Gasteiger partial charge in [-0.2, -0.15) is 0 Å². The lowest BCUT2D eigenvalue weighted by atomic mass is 9.78. The predicted molar refractivity (Wildman–Crippen MR) is 87.6 cm³/mol. The molecule has 3 heterocycles. The smallest absolute Gasteiger partial charge is 0.266 e. The lowest BCUT2D eigenvalue weighted by Crippen LogP contribution is -2.41. The van der Waals surface area contributed by atoms with Gasteiger partial charge in [-0.15, -0.1) is 11.3 Å². The van der Waals surface area contributed by atoms with Crippen molar-refractivity contribution in [2.75, 3.05) is 18.8 Å². The Kier molecular flexibility index (Phi) is 3.61. The van der Waals surface area contributed by atoms with Crippen molar-refractivity contribution in [3.8, 4) is 0 Å². The standard InChI is InChI=1S/C16H21N3OS/c1-3-16(2)6-9-19(10-7-16)15(20)13-12(17)11-5-4-8-18-14(11)21-13/h4-5,8H,3,6-7,9-10,17H2,1-2H3. The number of carbonyl (C=O) groups is 1. The van der Waals surface area contributed by atoms with E-state index in [0.29, 0.717) is 16.0 Å². The molecule has 0 atom stereocenters. The quantitative estimate of drug-likeness (QED) is 0.923. The number of carbonyl (C=O) groups excluding carboxylic acids is 1. The van der Waals surface area contributed by atoms with Gasteiger partial charge in [-0.3, -0.25) is 4.79 Å². The van der Waals surface area contributed by atoms with E-state index in [1.54, 1.807) is 6.20 Å². The van der Waals surface area contributed by atoms with Crippen LogP contribution in [0.3, 0.4) is 0 Å². The molecule has 21 heavy (non-hydrogen) atoms. The summed E-state index contributed by atoms with van der Waals surface area (Å²) in [5.74, 6) is 0.0636. The van der Waals surface area contributed by atoms with Crippen LogP contribution in [0.2, 0.25) is 0 Å². The van der Waals surface area contributed by atoms with Crippen LogP contribution in [-0.2, 0) is 0 Å². The maximum Gasteiger partial charge on any atom is 0.266 e. The first kappa shape index (κ1) is 14.3. The van der Waals surface area contributed by atoms with Gasteiger partial charge in [0.05, 0.1) is 5.69 Å². The molecule has 0 aromatic carbocycles. The molecule has 5 heteroatoms. The first-order chi connectivity index (χ1) is 10.0. The molecule has 2 N–H and O–H groups in total. The van der Waals surface area contributed by atoms with Crippen molar-refractivity contribution < 1.29 is 4.79 Å². The van der Waals surface area contributed by atoms with Gasteiger partial charge in [0.2, 0.25) is 0 Å². The highest BCUT2D eigenvalue weighted by atomic mass is 32.1. The van der Waals surface area contributed by atoms with Crippen LogP contribution in [0.4, 0.5) is 5.69 Å². The second-order valence-electron chi connectivity index (χ2n) is 6.16. The maximum absolute atomic E-state index is 12.7. The van der Waals surface area contributed by atoms with Crippen molar-refractivity contribution in [2.24, 2.45) is 5.41 Å². The Morgan fingerprint density at radius 3 is 2.81 bits per heavy atom. The molecule has 2 aromatic heterocycles. The lowest BCUT2D eigenvalue weighted by Gasteiger charge is -2.38. The summed E-state index contributed by atoms with van der Waals surface area (Å²) in [7, 11) is 0. The zero-order valence-corrected chi connectivity index (χ0v) is 13.4. The summed E-state index contributed by atoms with van der Waals surface area (Å²) in [6.45, 7) is 6.19. The third-order valence-electron chi connectivity index (χ3n) is 4.81. The first-order valence-corrected chi connectivity index (χ1v) is 8.28. The summed E-state index contributed by atoms with van der Waals surface area (Å²) in [6.07, 6.45) is 5.04. The zero-order chi connectivity index (χ0) is 15.0. The SMILES string of the molecule is CCC1(C)CCN(C(=O)c2sc3ncccc3c2N)CC1. The fourth-order valence-electron chi connectivity index (χ4n) is 2.86. The number of likely N-dealkylation sites (tertiary alicyclic amines) is 1. The minimum absolute atomic E-state index is 0.0636. The summed E-state index contributed by atoms with van der Waals surface area (Å²) in [5, 5.41) is 0.890. The number of nitrogens with two attached hydrogens (primary N) is 1. The number of aromatic nitrogens is 1. The molecule has 0 bridgehead atoms. The second-order valence-corrected chi connectivity index (χ2v) is 7.16. The van der Waals surface area contributed by atoms with Crippen molar-refractivity contribution in [1.29, 1.82) is 0 Å². The molecule has 0 spiro atoms. The molecule has 3 rings (SSSR count). The van der Waals surface area contributed by atoms with E-state index in [1.807, 2.05) is 17.0 Å². The van der Waals surface area contributed by atoms with E-state index in [4.69, 9.17) is 5.73 Å². The van der Waals surface area contributed by atoms with Gasteiger partial charge >= 0.3 is 0 Å². The number of hydrogen-bond donors (Lipinski definition) is 1. The molecule has 0 unspecified atom stereocenters. The van der Waals surface area contributed by atoms with Gasteiger partial charge < -0.3 is 10.6 Å². The molecule has 2 aromatic rings. The number of piperidine rings is 1. The highest BCUT2D eigenvalue weighted by molar-refractivity contribution is 7.21. The van der Waals surface area contributed by atoms with Crippen LogP contribution < -0.4 is 5.73 Å². The molecule has 1 aliphatic heterocycles. The molecule has 0 radical (unpaired) electrons. The Bertz CT molecular complexity index is 671. The summed E-state index contributed by atoms with van der Waals surface area (Å²) >= 11 is 1.40. The average molecular weight is 303 g/mol. The summed E-state index contributed by atoms with van der Waals surface area (Å²) in [5.41, 5.74) is 7.11. The molecule has 1 aliphatic rings. The first-order valence-electron chi connectivity index (χ1n) is 7.46. The molecular weight excluding hydrogens is 282 g/mol. The van der Waals surface area contributed by atoms with E-state index in [1.165, 1.54) is 17.8 Å². The van der Waals surface area contributed by atoms with Crippen LogP contribution in [0.1, 0.15) is 42.8 Å². The van der Waals surface area contributed by atoms with E-state index >= 15 is 0 Å². The van der Waals surface area contributed by atoms with Crippen LogP contribution in [-0.4, -0.2) is 28.9 Å². The number of anilines is 1. The predicted octanol–water partition coefficient (Wildman–Crippen LogP) is 3.53. The van der Waals surface area contributed by atoms with Crippen LogP contribution >= 0.6 is 11.3 Å². The number of pyridine rings is 1. The van der Waals surface area contributed by atoms with E-state index in [2.05, 4.69) is 18.8 Å². The van der Waals surface area contributed by atoms with Crippen LogP contribution in [0, 0.1) is 5.41 Å². The van der Waals surface area contributed by atoms with Crippen LogP contribution in [0.5, 0.6) is 0 Å². The lowest BCUT2D eigenvalue weighted by molar-refractivity contribution is 0.0606. The third kappa shape index (κ3) is 2.50. The van der Waals surface area contributed by atoms with Gasteiger partial charge in [0, 0.05) is 24.7 Å². The minimum Gasteiger partial charge on any atom is -0.397 e. The normalized spacial score (nSPS) is 18.1. The van der Waals surface area contributed by atoms with Gasteiger partial charge in [-0.1, -0.05) is 20.3 Å². The molecule has 0 saturated carbocycles. The number of hydrogen-bond acceptors (Lipinski definition) is 4. The van der Waals surface area contributed by atoms with Crippen molar-refractivity contribution in [3.63, 3.8) is 0 Å². The minimum atomic E-state index is 0.0636. The topological polar surface area (TPSA) is 59.2 Å². The third-order valence-corrected chi connectivity index (χ3v) is 5.93. The van der Waals surface area contributed by atoms with Gasteiger partial charge in [0.1, 0.15) is 9.71 Å². The Labute approximate surface area is 129 Å². The number of nitrogens with zero attached hydrogens (tertiary/aromatic N) is 2. The van der Waals surface area contributed by atoms with E-state index in [9.17, 15) is 4.79 Å². The van der Waals surface area contributed by atoms with Crippen molar-refractivity contribution in [1.82, 2.24) is 9.88 Å². The maximum atomic E-state index is 12.7. The summed E-state index contributed by atoms with van der Waals surface area (Å²) < 4.78 is 0. The molecule has 1 amide bonds. The molecule has 112 valence electrons. The highest BCUT2D eigenvalue weighted by Gasteiger charge is 2.32. The number of nitrogen functional groups attached to an aromatic ring is 1. The van der Waals surface area contributed by atoms with Crippen LogP contribution in [0.15, 0.2) is 18.3 Å². The molecular formula is C16H21N3OS. The van der Waals surface area contributed by atoms with Gasteiger partial charge in [-0.05, 0) is 30.4 Å². The Hall–Kier alpha value is -1.62. The molecule has 1 saturated heterocycles. The Morgan fingerprint density at radius 1 is 1.48 bits per heavy atom. The monoisotopic (exact) mass is 303 g/mol. The van der Waals surface area contributed by atoms with E-state index in [-0.39, 0.29) is 5.91 Å². The van der Waals surface area contributed by atoms with Crippen molar-refractivity contribution in [2.45, 2.75) is 33.1 Å². The number of amides is 1. The second kappa shape index (κ2) is 5.30. The number of fused-ring (bicyclic) bond motifs is 1. The molecule has 4 nitrogen and oxygen atoms in total. The molecule has 0 aliphatic carbocycles. The van der Waals surface area contributed by atoms with Gasteiger partial charge in [-0.25, -0.2) is 4.98 Å². The average Bonchev–Trinajstić information content (AvgIpc) is 2.85. The number of rotatable bonds is 2. The van der Waals surface area contributed by atoms with Crippen LogP contribution in [0.25, 0.3) is 10.2 Å². The molecule has 1 fully saturated rings. The number of thiophene rings is 1. The van der Waals surface area contributed by atoms with Gasteiger partial charge in [0.25, 0.3) is 5.91 Å². The Morgan fingerprint density at radius 2 is 2.19 bits per heavy atom. The zero-order valence-electron chi connectivity index (χ0n) is 12.6. The summed E-state index contributed by atoms with van der Waals surface area (Å²) in [6, 6.07) is 3.78. The fourth-order valence-corrected chi connectivity index (χ4v) is 3.89. The Balaban J connectivity index is 1.83. The fraction of sp³-hybridized carbons (Fsp3) is 0.500. The van der Waals surface area contributed by atoms with Crippen molar-refractivity contribution in [3.05, 3.63) is 23.2 Å².